The molecule has 1 rings (SSSR count). The molecule has 0 bridgehead atoms. The molecular weight excluding hydrogens is 298 g/mol. The molecule has 0 aliphatic carbocycles. The van der Waals surface area contributed by atoms with Crippen molar-refractivity contribution in [2.75, 3.05) is 6.26 Å². The number of sulfone groups is 1. The number of halogens is 3. The molecule has 0 aliphatic rings. The second-order valence-corrected chi connectivity index (χ2v) is 8.09. The smallest absolute Gasteiger partial charge is 0.224 e. The first-order valence-corrected chi connectivity index (χ1v) is 8.48. The van der Waals surface area contributed by atoms with Crippen molar-refractivity contribution in [2.24, 2.45) is 0 Å². The van der Waals surface area contributed by atoms with Crippen molar-refractivity contribution in [3.05, 3.63) is 29.3 Å². The molecule has 0 unspecified atom stereocenters. The van der Waals surface area contributed by atoms with E-state index in [-0.39, 0.29) is 0 Å². The summed E-state index contributed by atoms with van der Waals surface area (Å²) in [5, 5.41) is 0. The first-order chi connectivity index (χ1) is 7.50. The quantitative estimate of drug-likeness (QED) is 0.792. The van der Waals surface area contributed by atoms with Crippen LogP contribution in [-0.2, 0) is 24.6 Å². The second-order valence-electron chi connectivity index (χ2n) is 3.33. The van der Waals surface area contributed by atoms with Gasteiger partial charge in [-0.3, -0.25) is 0 Å². The van der Waals surface area contributed by atoms with Crippen LogP contribution in [-0.4, -0.2) is 23.1 Å². The minimum Gasteiger partial charge on any atom is -0.224 e. The molecule has 0 heterocycles. The van der Waals surface area contributed by atoms with Gasteiger partial charge in [0, 0.05) is 22.5 Å². The van der Waals surface area contributed by atoms with Gasteiger partial charge >= 0.3 is 0 Å². The van der Waals surface area contributed by atoms with Crippen LogP contribution in [0.15, 0.2) is 17.0 Å². The third-order valence-electron chi connectivity index (χ3n) is 1.81. The van der Waals surface area contributed by atoms with E-state index in [1.54, 1.807) is 0 Å². The van der Waals surface area contributed by atoms with Crippen LogP contribution in [0.3, 0.4) is 0 Å². The number of hydrogen-bond donors (Lipinski definition) is 0. The highest BCUT2D eigenvalue weighted by Crippen LogP contribution is 2.22. The summed E-state index contributed by atoms with van der Waals surface area (Å²) < 4.78 is 70.4. The van der Waals surface area contributed by atoms with Crippen LogP contribution in [0.5, 0.6) is 0 Å². The maximum absolute atomic E-state index is 13.6. The van der Waals surface area contributed by atoms with E-state index in [4.69, 9.17) is 10.7 Å². The molecule has 0 N–H and O–H groups in total. The molecule has 1 aromatic carbocycles. The Kier molecular flexibility index (Phi) is 3.80. The zero-order chi connectivity index (χ0) is 13.4. The zero-order valence-corrected chi connectivity index (χ0v) is 10.8. The Hall–Kier alpha value is -0.730. The zero-order valence-electron chi connectivity index (χ0n) is 8.45. The molecule has 17 heavy (non-hydrogen) atoms. The van der Waals surface area contributed by atoms with Gasteiger partial charge in [0.05, 0.1) is 5.75 Å². The molecule has 0 amide bonds. The van der Waals surface area contributed by atoms with Crippen molar-refractivity contribution in [3.63, 3.8) is 0 Å². The predicted molar refractivity (Wildman–Crippen MR) is 57.9 cm³/mol. The molecular formula is C8H7ClF2O4S2. The van der Waals surface area contributed by atoms with Crippen molar-refractivity contribution in [1.82, 2.24) is 0 Å². The Labute approximate surface area is 102 Å². The van der Waals surface area contributed by atoms with Gasteiger partial charge in [0.2, 0.25) is 9.05 Å². The van der Waals surface area contributed by atoms with Gasteiger partial charge in [-0.05, 0) is 12.1 Å². The number of hydrogen-bond acceptors (Lipinski definition) is 4. The van der Waals surface area contributed by atoms with Crippen LogP contribution >= 0.6 is 10.7 Å². The Balaban J connectivity index is 3.50. The fourth-order valence-electron chi connectivity index (χ4n) is 1.18. The summed E-state index contributed by atoms with van der Waals surface area (Å²) in [7, 11) is -3.20. The third kappa shape index (κ3) is 3.90. The summed E-state index contributed by atoms with van der Waals surface area (Å²) in [6, 6.07) is 1.07. The molecule has 9 heteroatoms. The van der Waals surface area contributed by atoms with Gasteiger partial charge in [-0.1, -0.05) is 0 Å². The van der Waals surface area contributed by atoms with Gasteiger partial charge in [-0.2, -0.15) is 0 Å². The second kappa shape index (κ2) is 4.51. The Morgan fingerprint density at radius 3 is 2.12 bits per heavy atom. The van der Waals surface area contributed by atoms with Crippen molar-refractivity contribution in [1.29, 1.82) is 0 Å². The lowest BCUT2D eigenvalue weighted by molar-refractivity contribution is 0.546. The van der Waals surface area contributed by atoms with Gasteiger partial charge in [0.1, 0.15) is 16.5 Å². The topological polar surface area (TPSA) is 68.3 Å². The van der Waals surface area contributed by atoms with Gasteiger partial charge in [0.25, 0.3) is 0 Å². The molecule has 0 aromatic heterocycles. The van der Waals surface area contributed by atoms with Crippen LogP contribution in [0.2, 0.25) is 0 Å². The predicted octanol–water partition coefficient (Wildman–Crippen LogP) is 1.44. The molecule has 0 radical (unpaired) electrons. The SMILES string of the molecule is CS(=O)(=O)c1cc(F)cc(CS(=O)(=O)Cl)c1F. The fourth-order valence-corrected chi connectivity index (χ4v) is 2.90. The molecule has 0 fully saturated rings. The Morgan fingerprint density at radius 1 is 1.18 bits per heavy atom. The third-order valence-corrected chi connectivity index (χ3v) is 3.89. The van der Waals surface area contributed by atoms with Gasteiger partial charge in [-0.25, -0.2) is 25.6 Å². The molecule has 0 aliphatic heterocycles. The van der Waals surface area contributed by atoms with Gasteiger partial charge in [0.15, 0.2) is 9.84 Å². The first kappa shape index (κ1) is 14.3. The summed E-state index contributed by atoms with van der Waals surface area (Å²) in [6.45, 7) is 0. The highest BCUT2D eigenvalue weighted by Gasteiger charge is 2.21. The maximum Gasteiger partial charge on any atom is 0.236 e. The average Bonchev–Trinajstić information content (AvgIpc) is 2.06. The number of benzene rings is 1. The highest BCUT2D eigenvalue weighted by molar-refractivity contribution is 8.13. The molecule has 0 saturated carbocycles. The minimum atomic E-state index is -4.11. The lowest BCUT2D eigenvalue weighted by atomic mass is 10.2. The van der Waals surface area contributed by atoms with E-state index in [9.17, 15) is 25.6 Å². The van der Waals surface area contributed by atoms with Crippen molar-refractivity contribution < 1.29 is 25.6 Å². The lowest BCUT2D eigenvalue weighted by Gasteiger charge is -2.06. The van der Waals surface area contributed by atoms with Crippen LogP contribution < -0.4 is 0 Å². The van der Waals surface area contributed by atoms with Crippen LogP contribution in [0.4, 0.5) is 8.78 Å². The summed E-state index contributed by atoms with van der Waals surface area (Å²) in [4.78, 5) is -0.896. The van der Waals surface area contributed by atoms with E-state index < -0.39 is 46.7 Å². The Bertz CT molecular complexity index is 652. The minimum absolute atomic E-state index is 0.481. The van der Waals surface area contributed by atoms with Crippen LogP contribution in [0.1, 0.15) is 5.56 Å². The van der Waals surface area contributed by atoms with Gasteiger partial charge in [-0.15, -0.1) is 0 Å². The normalized spacial score (nSPS) is 12.7. The van der Waals surface area contributed by atoms with E-state index in [2.05, 4.69) is 0 Å². The monoisotopic (exact) mass is 304 g/mol. The standard InChI is InChI=1S/C8H7ClF2O4S2/c1-16(12,13)7-3-6(10)2-5(8(7)11)4-17(9,14)15/h2-3H,4H2,1H3. The fraction of sp³-hybridized carbons (Fsp3) is 0.250. The van der Waals surface area contributed by atoms with Crippen molar-refractivity contribution in [2.45, 2.75) is 10.6 Å². The van der Waals surface area contributed by atoms with Crippen LogP contribution in [0, 0.1) is 11.6 Å². The summed E-state index contributed by atoms with van der Waals surface area (Å²) in [5.41, 5.74) is -0.625. The Morgan fingerprint density at radius 2 is 1.71 bits per heavy atom. The summed E-state index contributed by atoms with van der Waals surface area (Å²) >= 11 is 0. The molecule has 1 aromatic rings. The summed E-state index contributed by atoms with van der Waals surface area (Å²) in [6.07, 6.45) is 0.684. The average molecular weight is 305 g/mol. The van der Waals surface area contributed by atoms with Crippen molar-refractivity contribution >= 4 is 29.6 Å². The van der Waals surface area contributed by atoms with Crippen molar-refractivity contribution in [3.8, 4) is 0 Å². The van der Waals surface area contributed by atoms with Gasteiger partial charge < -0.3 is 0 Å². The molecule has 4 nitrogen and oxygen atoms in total. The number of rotatable bonds is 3. The lowest BCUT2D eigenvalue weighted by Crippen LogP contribution is -2.07. The molecule has 0 spiro atoms. The van der Waals surface area contributed by atoms with E-state index in [1.165, 1.54) is 0 Å². The van der Waals surface area contributed by atoms with E-state index >= 15 is 0 Å². The van der Waals surface area contributed by atoms with E-state index in [1.807, 2.05) is 0 Å². The van der Waals surface area contributed by atoms with E-state index in [0.717, 1.165) is 0 Å². The highest BCUT2D eigenvalue weighted by atomic mass is 35.7. The molecule has 0 saturated heterocycles. The van der Waals surface area contributed by atoms with E-state index in [0.29, 0.717) is 18.4 Å². The maximum atomic E-state index is 13.6. The first-order valence-electron chi connectivity index (χ1n) is 4.11. The molecule has 96 valence electrons. The summed E-state index contributed by atoms with van der Waals surface area (Å²) in [5.74, 6) is -3.35. The molecule has 0 atom stereocenters. The largest absolute Gasteiger partial charge is 0.236 e. The van der Waals surface area contributed by atoms with Crippen LogP contribution in [0.25, 0.3) is 0 Å².